The Morgan fingerprint density at radius 2 is 2.29 bits per heavy atom. The number of fused-ring (bicyclic) bond motifs is 1. The minimum Gasteiger partial charge on any atom is -0.382 e. The third kappa shape index (κ3) is 2.65. The number of nitrogens with two attached hydrogens (primary N) is 1. The highest BCUT2D eigenvalue weighted by atomic mass is 16.1. The van der Waals surface area contributed by atoms with Crippen LogP contribution in [0.2, 0.25) is 0 Å². The van der Waals surface area contributed by atoms with Crippen LogP contribution in [0.15, 0.2) is 11.1 Å². The highest BCUT2D eigenvalue weighted by molar-refractivity contribution is 5.81. The molecule has 1 fully saturated rings. The second-order valence-electron chi connectivity index (χ2n) is 6.21. The van der Waals surface area contributed by atoms with Crippen LogP contribution in [0.5, 0.6) is 0 Å². The molecule has 3 rings (SSSR count). The van der Waals surface area contributed by atoms with Gasteiger partial charge in [-0.25, -0.2) is 14.8 Å². The number of aromatic amines is 1. The molecule has 0 radical (unpaired) electrons. The first-order valence-electron chi connectivity index (χ1n) is 7.49. The zero-order valence-corrected chi connectivity index (χ0v) is 12.5. The van der Waals surface area contributed by atoms with Crippen LogP contribution >= 0.6 is 0 Å². The lowest BCUT2D eigenvalue weighted by Crippen LogP contribution is -2.40. The van der Waals surface area contributed by atoms with Gasteiger partial charge in [-0.05, 0) is 25.3 Å². The van der Waals surface area contributed by atoms with Crippen LogP contribution in [0.1, 0.15) is 32.7 Å². The van der Waals surface area contributed by atoms with Crippen molar-refractivity contribution in [1.82, 2.24) is 24.4 Å². The first-order valence-corrected chi connectivity index (χ1v) is 7.49. The summed E-state index contributed by atoms with van der Waals surface area (Å²) in [6.07, 6.45) is 3.50. The average molecular weight is 290 g/mol. The summed E-state index contributed by atoms with van der Waals surface area (Å²) in [5.41, 5.74) is 6.83. The number of hydrogen-bond acceptors (Lipinski definition) is 5. The summed E-state index contributed by atoms with van der Waals surface area (Å²) in [6.45, 7) is 7.48. The van der Waals surface area contributed by atoms with E-state index in [0.29, 0.717) is 22.9 Å². The van der Waals surface area contributed by atoms with E-state index in [1.54, 1.807) is 4.57 Å². The molecule has 7 nitrogen and oxygen atoms in total. The van der Waals surface area contributed by atoms with Gasteiger partial charge in [0, 0.05) is 13.1 Å². The van der Waals surface area contributed by atoms with Gasteiger partial charge in [-0.3, -0.25) is 4.57 Å². The van der Waals surface area contributed by atoms with Crippen LogP contribution in [0.4, 0.5) is 5.82 Å². The second-order valence-corrected chi connectivity index (χ2v) is 6.21. The Kier molecular flexibility index (Phi) is 3.67. The fourth-order valence-corrected chi connectivity index (χ4v) is 3.22. The van der Waals surface area contributed by atoms with Crippen molar-refractivity contribution in [3.8, 4) is 0 Å². The van der Waals surface area contributed by atoms with E-state index in [0.717, 1.165) is 32.5 Å². The Labute approximate surface area is 123 Å². The number of piperidine rings is 1. The van der Waals surface area contributed by atoms with Crippen molar-refractivity contribution in [1.29, 1.82) is 0 Å². The highest BCUT2D eigenvalue weighted by Gasteiger charge is 2.25. The number of anilines is 1. The zero-order chi connectivity index (χ0) is 15.0. The minimum atomic E-state index is -0.145. The third-order valence-electron chi connectivity index (χ3n) is 4.00. The Balaban J connectivity index is 1.95. The monoisotopic (exact) mass is 290 g/mol. The topological polar surface area (TPSA) is 92.8 Å². The molecule has 0 aliphatic carbocycles. The first kappa shape index (κ1) is 14.1. The number of nitrogen functional groups attached to an aromatic ring is 1. The molecule has 1 aliphatic heterocycles. The summed E-state index contributed by atoms with van der Waals surface area (Å²) in [4.78, 5) is 25.7. The molecule has 0 unspecified atom stereocenters. The summed E-state index contributed by atoms with van der Waals surface area (Å²) in [5, 5.41) is 0. The molecule has 0 spiro atoms. The van der Waals surface area contributed by atoms with E-state index in [-0.39, 0.29) is 11.7 Å². The first-order chi connectivity index (χ1) is 10.1. The quantitative estimate of drug-likeness (QED) is 0.879. The number of likely N-dealkylation sites (tertiary alicyclic amines) is 1. The van der Waals surface area contributed by atoms with Crippen LogP contribution in [-0.2, 0) is 0 Å². The summed E-state index contributed by atoms with van der Waals surface area (Å²) in [5.74, 6) is 0.951. The Morgan fingerprint density at radius 3 is 3.05 bits per heavy atom. The Morgan fingerprint density at radius 1 is 1.48 bits per heavy atom. The molecule has 1 saturated heterocycles. The molecule has 7 heteroatoms. The van der Waals surface area contributed by atoms with Crippen LogP contribution in [-0.4, -0.2) is 44.1 Å². The van der Waals surface area contributed by atoms with Crippen molar-refractivity contribution < 1.29 is 0 Å². The molecule has 0 bridgehead atoms. The number of rotatable bonds is 3. The van der Waals surface area contributed by atoms with Crippen LogP contribution in [0, 0.1) is 5.92 Å². The normalized spacial score (nSPS) is 20.4. The van der Waals surface area contributed by atoms with E-state index in [9.17, 15) is 4.79 Å². The summed E-state index contributed by atoms with van der Waals surface area (Å²) >= 11 is 0. The third-order valence-corrected chi connectivity index (χ3v) is 4.00. The van der Waals surface area contributed by atoms with Crippen molar-refractivity contribution in [2.45, 2.75) is 32.7 Å². The number of aromatic nitrogens is 4. The standard InChI is InChI=1S/C14H22N6O/c1-9(2)6-19-5-3-4-10(7-19)20-13-11(18-14(20)21)12(15)16-8-17-13/h8-10H,3-7H2,1-2H3,(H,18,21)(H2,15,16,17)/t10-/m1/s1. The number of nitrogens with zero attached hydrogens (tertiary/aromatic N) is 4. The molecular formula is C14H22N6O. The summed E-state index contributed by atoms with van der Waals surface area (Å²) in [7, 11) is 0. The SMILES string of the molecule is CC(C)CN1CCC[C@@H](n2c(=O)[nH]c3c(N)ncnc32)C1. The number of imidazole rings is 1. The average Bonchev–Trinajstić information content (AvgIpc) is 2.76. The van der Waals surface area contributed by atoms with Gasteiger partial charge < -0.3 is 15.6 Å². The van der Waals surface area contributed by atoms with Gasteiger partial charge >= 0.3 is 5.69 Å². The molecule has 3 N–H and O–H groups in total. The summed E-state index contributed by atoms with van der Waals surface area (Å²) < 4.78 is 1.75. The number of H-pyrrole nitrogens is 1. The van der Waals surface area contributed by atoms with Gasteiger partial charge in [0.25, 0.3) is 0 Å². The molecule has 21 heavy (non-hydrogen) atoms. The van der Waals surface area contributed by atoms with Crippen molar-refractivity contribution in [2.24, 2.45) is 5.92 Å². The summed E-state index contributed by atoms with van der Waals surface area (Å²) in [6, 6.07) is 0.146. The van der Waals surface area contributed by atoms with E-state index in [1.165, 1.54) is 6.33 Å². The fraction of sp³-hybridized carbons (Fsp3) is 0.643. The van der Waals surface area contributed by atoms with Crippen molar-refractivity contribution in [3.63, 3.8) is 0 Å². The van der Waals surface area contributed by atoms with E-state index < -0.39 is 0 Å². The minimum absolute atomic E-state index is 0.145. The van der Waals surface area contributed by atoms with Gasteiger partial charge in [0.15, 0.2) is 11.5 Å². The van der Waals surface area contributed by atoms with Gasteiger partial charge in [-0.1, -0.05) is 13.8 Å². The maximum atomic E-state index is 12.3. The largest absolute Gasteiger partial charge is 0.382 e. The molecule has 0 aromatic carbocycles. The van der Waals surface area contributed by atoms with Crippen LogP contribution < -0.4 is 11.4 Å². The Bertz CT molecular complexity index is 688. The van der Waals surface area contributed by atoms with E-state index in [1.807, 2.05) is 0 Å². The Hall–Kier alpha value is -1.89. The van der Waals surface area contributed by atoms with Crippen molar-refractivity contribution in [3.05, 3.63) is 16.8 Å². The van der Waals surface area contributed by atoms with Crippen LogP contribution in [0.25, 0.3) is 11.2 Å². The molecule has 2 aromatic heterocycles. The lowest BCUT2D eigenvalue weighted by molar-refractivity contribution is 0.161. The molecule has 114 valence electrons. The highest BCUT2D eigenvalue weighted by Crippen LogP contribution is 2.24. The van der Waals surface area contributed by atoms with Gasteiger partial charge in [0.1, 0.15) is 11.8 Å². The van der Waals surface area contributed by atoms with Gasteiger partial charge in [-0.15, -0.1) is 0 Å². The van der Waals surface area contributed by atoms with E-state index in [4.69, 9.17) is 5.73 Å². The van der Waals surface area contributed by atoms with E-state index in [2.05, 4.69) is 33.7 Å². The fourth-order valence-electron chi connectivity index (χ4n) is 3.22. The molecule has 2 aromatic rings. The number of nitrogens with one attached hydrogen (secondary N) is 1. The van der Waals surface area contributed by atoms with Crippen molar-refractivity contribution >= 4 is 17.0 Å². The zero-order valence-electron chi connectivity index (χ0n) is 12.5. The molecule has 0 amide bonds. The lowest BCUT2D eigenvalue weighted by atomic mass is 10.0. The number of hydrogen-bond donors (Lipinski definition) is 2. The maximum Gasteiger partial charge on any atom is 0.328 e. The molecule has 1 atom stereocenters. The van der Waals surface area contributed by atoms with Gasteiger partial charge in [-0.2, -0.15) is 0 Å². The smallest absolute Gasteiger partial charge is 0.328 e. The predicted octanol–water partition coefficient (Wildman–Crippen LogP) is 0.995. The predicted molar refractivity (Wildman–Crippen MR) is 82.1 cm³/mol. The van der Waals surface area contributed by atoms with Crippen molar-refractivity contribution in [2.75, 3.05) is 25.4 Å². The molecular weight excluding hydrogens is 268 g/mol. The maximum absolute atomic E-state index is 12.3. The second kappa shape index (κ2) is 5.48. The van der Waals surface area contributed by atoms with Gasteiger partial charge in [0.2, 0.25) is 0 Å². The molecule has 1 aliphatic rings. The molecule has 3 heterocycles. The molecule has 0 saturated carbocycles. The van der Waals surface area contributed by atoms with Gasteiger partial charge in [0.05, 0.1) is 6.04 Å². The lowest BCUT2D eigenvalue weighted by Gasteiger charge is -2.34. The van der Waals surface area contributed by atoms with Crippen LogP contribution in [0.3, 0.4) is 0 Å². The van der Waals surface area contributed by atoms with E-state index >= 15 is 0 Å².